The van der Waals surface area contributed by atoms with Crippen LogP contribution in [-0.2, 0) is 4.79 Å². The normalized spacial score (nSPS) is 10.6. The van der Waals surface area contributed by atoms with Crippen LogP contribution in [0.2, 0.25) is 0 Å². The first-order valence-electron chi connectivity index (χ1n) is 7.49. The molecule has 2 aromatic carbocycles. The molecule has 126 valence electrons. The molecule has 0 aliphatic heterocycles. The molecule has 6 heteroatoms. The molecule has 6 nitrogen and oxygen atoms in total. The van der Waals surface area contributed by atoms with Crippen molar-refractivity contribution < 1.29 is 14.6 Å². The molecule has 0 spiro atoms. The summed E-state index contributed by atoms with van der Waals surface area (Å²) in [5.41, 5.74) is 6.41. The third kappa shape index (κ3) is 4.74. The first-order valence-corrected chi connectivity index (χ1v) is 7.49. The number of amides is 1. The molecule has 0 radical (unpaired) electrons. The maximum atomic E-state index is 11.8. The van der Waals surface area contributed by atoms with E-state index in [0.717, 1.165) is 5.69 Å². The van der Waals surface area contributed by atoms with E-state index in [9.17, 15) is 9.90 Å². The number of aromatic hydroxyl groups is 1. The molecule has 0 heterocycles. The van der Waals surface area contributed by atoms with Gasteiger partial charge in [0.1, 0.15) is 0 Å². The van der Waals surface area contributed by atoms with E-state index in [4.69, 9.17) is 4.74 Å². The highest BCUT2D eigenvalue weighted by atomic mass is 16.5. The van der Waals surface area contributed by atoms with Crippen LogP contribution in [0.4, 0.5) is 5.69 Å². The van der Waals surface area contributed by atoms with E-state index in [1.54, 1.807) is 12.1 Å². The number of carbonyl (C=O) groups excluding carboxylic acids is 1. The number of nitrogens with one attached hydrogen (secondary N) is 2. The molecule has 0 unspecified atom stereocenters. The van der Waals surface area contributed by atoms with Crippen molar-refractivity contribution in [1.82, 2.24) is 5.43 Å². The third-order valence-corrected chi connectivity index (χ3v) is 3.57. The van der Waals surface area contributed by atoms with Crippen LogP contribution in [0.25, 0.3) is 0 Å². The Hall–Kier alpha value is -3.02. The Morgan fingerprint density at radius 3 is 2.71 bits per heavy atom. The lowest BCUT2D eigenvalue weighted by molar-refractivity contribution is -0.119. The van der Waals surface area contributed by atoms with Crippen molar-refractivity contribution in [3.63, 3.8) is 0 Å². The first-order chi connectivity index (χ1) is 11.5. The number of hydrogen-bond donors (Lipinski definition) is 3. The van der Waals surface area contributed by atoms with Crippen LogP contribution < -0.4 is 15.5 Å². The van der Waals surface area contributed by atoms with E-state index < -0.39 is 0 Å². The van der Waals surface area contributed by atoms with Gasteiger partial charge < -0.3 is 15.2 Å². The molecule has 2 rings (SSSR count). The van der Waals surface area contributed by atoms with Crippen LogP contribution in [0.3, 0.4) is 0 Å². The zero-order chi connectivity index (χ0) is 17.5. The summed E-state index contributed by atoms with van der Waals surface area (Å²) in [6.45, 7) is 4.19. The monoisotopic (exact) mass is 327 g/mol. The summed E-state index contributed by atoms with van der Waals surface area (Å²) in [6.07, 6.45) is 1.48. The molecule has 0 aromatic heterocycles. The predicted octanol–water partition coefficient (Wildman–Crippen LogP) is 2.58. The Bertz CT molecular complexity index is 757. The fourth-order valence-electron chi connectivity index (χ4n) is 2.03. The number of rotatable bonds is 6. The molecule has 0 aliphatic rings. The Balaban J connectivity index is 1.85. The number of benzene rings is 2. The van der Waals surface area contributed by atoms with Crippen LogP contribution in [0.1, 0.15) is 16.7 Å². The summed E-state index contributed by atoms with van der Waals surface area (Å²) in [7, 11) is 1.47. The van der Waals surface area contributed by atoms with Gasteiger partial charge >= 0.3 is 0 Å². The molecule has 0 aliphatic carbocycles. The molecule has 0 atom stereocenters. The molecule has 0 saturated carbocycles. The number of phenols is 1. The molecular weight excluding hydrogens is 306 g/mol. The summed E-state index contributed by atoms with van der Waals surface area (Å²) in [5.74, 6) is 0.146. The number of methoxy groups -OCH3 is 1. The second kappa shape index (κ2) is 8.01. The van der Waals surface area contributed by atoms with E-state index >= 15 is 0 Å². The van der Waals surface area contributed by atoms with Gasteiger partial charge in [0.15, 0.2) is 11.5 Å². The molecule has 0 saturated heterocycles. The maximum Gasteiger partial charge on any atom is 0.259 e. The van der Waals surface area contributed by atoms with Gasteiger partial charge in [-0.3, -0.25) is 4.79 Å². The van der Waals surface area contributed by atoms with Crippen molar-refractivity contribution in [2.24, 2.45) is 5.10 Å². The minimum Gasteiger partial charge on any atom is -0.504 e. The van der Waals surface area contributed by atoms with Crippen LogP contribution in [0.5, 0.6) is 11.5 Å². The molecule has 24 heavy (non-hydrogen) atoms. The predicted molar refractivity (Wildman–Crippen MR) is 94.8 cm³/mol. The zero-order valence-electron chi connectivity index (χ0n) is 14.0. The highest BCUT2D eigenvalue weighted by Gasteiger charge is 2.02. The second-order valence-corrected chi connectivity index (χ2v) is 5.38. The van der Waals surface area contributed by atoms with Crippen molar-refractivity contribution in [1.29, 1.82) is 0 Å². The Kier molecular flexibility index (Phi) is 5.78. The number of nitrogens with zero attached hydrogens (tertiary/aromatic N) is 1. The summed E-state index contributed by atoms with van der Waals surface area (Å²) < 4.78 is 5.01. The maximum absolute atomic E-state index is 11.8. The zero-order valence-corrected chi connectivity index (χ0v) is 14.0. The average molecular weight is 327 g/mol. The SMILES string of the molecule is COc1cc(/C=N\NC(=O)CNc2ccc(C)c(C)c2)ccc1O. The molecule has 0 bridgehead atoms. The first kappa shape index (κ1) is 17.3. The number of aryl methyl sites for hydroxylation is 2. The van der Waals surface area contributed by atoms with E-state index in [0.29, 0.717) is 11.3 Å². The number of carbonyl (C=O) groups is 1. The van der Waals surface area contributed by atoms with Crippen LogP contribution in [0.15, 0.2) is 41.5 Å². The fraction of sp³-hybridized carbons (Fsp3) is 0.222. The second-order valence-electron chi connectivity index (χ2n) is 5.38. The largest absolute Gasteiger partial charge is 0.504 e. The Morgan fingerprint density at radius 1 is 1.21 bits per heavy atom. The van der Waals surface area contributed by atoms with Crippen molar-refractivity contribution in [3.8, 4) is 11.5 Å². The van der Waals surface area contributed by atoms with Crippen molar-refractivity contribution >= 4 is 17.8 Å². The summed E-state index contributed by atoms with van der Waals surface area (Å²) in [4.78, 5) is 11.8. The van der Waals surface area contributed by atoms with Crippen molar-refractivity contribution in [2.75, 3.05) is 19.0 Å². The number of phenolic OH excluding ortho intramolecular Hbond substituents is 1. The van der Waals surface area contributed by atoms with Gasteiger partial charge in [-0.15, -0.1) is 0 Å². The lowest BCUT2D eigenvalue weighted by Crippen LogP contribution is -2.25. The standard InChI is InChI=1S/C18H21N3O3/c1-12-4-6-15(8-13(12)2)19-11-18(23)21-20-10-14-5-7-16(22)17(9-14)24-3/h4-10,19,22H,11H2,1-3H3,(H,21,23)/b20-10-. The van der Waals surface area contributed by atoms with Gasteiger partial charge in [0.2, 0.25) is 0 Å². The third-order valence-electron chi connectivity index (χ3n) is 3.57. The number of ether oxygens (including phenoxy) is 1. The molecule has 1 amide bonds. The van der Waals surface area contributed by atoms with E-state index in [2.05, 4.69) is 15.8 Å². The van der Waals surface area contributed by atoms with Crippen LogP contribution in [0, 0.1) is 13.8 Å². The van der Waals surface area contributed by atoms with Crippen molar-refractivity contribution in [3.05, 3.63) is 53.1 Å². The molecule has 0 fully saturated rings. The van der Waals surface area contributed by atoms with Crippen molar-refractivity contribution in [2.45, 2.75) is 13.8 Å². The topological polar surface area (TPSA) is 83.0 Å². The van der Waals surface area contributed by atoms with Crippen LogP contribution in [-0.4, -0.2) is 30.9 Å². The summed E-state index contributed by atoms with van der Waals surface area (Å²) in [6, 6.07) is 10.7. The number of anilines is 1. The molecular formula is C18H21N3O3. The van der Waals surface area contributed by atoms with Gasteiger partial charge in [-0.1, -0.05) is 6.07 Å². The van der Waals surface area contributed by atoms with Gasteiger partial charge in [-0.2, -0.15) is 5.10 Å². The number of hydrazone groups is 1. The quantitative estimate of drug-likeness (QED) is 0.562. The lowest BCUT2D eigenvalue weighted by atomic mass is 10.1. The van der Waals surface area contributed by atoms with Gasteiger partial charge in [-0.25, -0.2) is 5.43 Å². The smallest absolute Gasteiger partial charge is 0.259 e. The Morgan fingerprint density at radius 2 is 2.00 bits per heavy atom. The Labute approximate surface area is 141 Å². The van der Waals surface area contributed by atoms with Gasteiger partial charge in [0, 0.05) is 5.69 Å². The summed E-state index contributed by atoms with van der Waals surface area (Å²) in [5, 5.41) is 16.5. The van der Waals surface area contributed by atoms with E-state index in [1.165, 1.54) is 30.5 Å². The van der Waals surface area contributed by atoms with Gasteiger partial charge in [0.25, 0.3) is 5.91 Å². The molecule has 3 N–H and O–H groups in total. The van der Waals surface area contributed by atoms with E-state index in [-0.39, 0.29) is 18.2 Å². The molecule has 2 aromatic rings. The van der Waals surface area contributed by atoms with E-state index in [1.807, 2.05) is 32.0 Å². The minimum atomic E-state index is -0.254. The van der Waals surface area contributed by atoms with Gasteiger partial charge in [-0.05, 0) is 60.9 Å². The number of hydrogen-bond acceptors (Lipinski definition) is 5. The average Bonchev–Trinajstić information content (AvgIpc) is 2.57. The highest BCUT2D eigenvalue weighted by Crippen LogP contribution is 2.25. The van der Waals surface area contributed by atoms with Gasteiger partial charge in [0.05, 0.1) is 19.9 Å². The van der Waals surface area contributed by atoms with Crippen LogP contribution >= 0.6 is 0 Å². The lowest BCUT2D eigenvalue weighted by Gasteiger charge is -2.07. The fourth-order valence-corrected chi connectivity index (χ4v) is 2.03. The minimum absolute atomic E-state index is 0.0521. The summed E-state index contributed by atoms with van der Waals surface area (Å²) >= 11 is 0. The highest BCUT2D eigenvalue weighted by molar-refractivity contribution is 5.84.